The molecule has 1 saturated heterocycles. The fourth-order valence-corrected chi connectivity index (χ4v) is 4.21. The van der Waals surface area contributed by atoms with E-state index < -0.39 is 0 Å². The van der Waals surface area contributed by atoms with Gasteiger partial charge in [0.25, 0.3) is 0 Å². The molecule has 9 heteroatoms. The molecule has 2 aromatic rings. The molecule has 1 aromatic carbocycles. The van der Waals surface area contributed by atoms with Gasteiger partial charge < -0.3 is 14.5 Å². The molecule has 152 valence electrons. The molecule has 0 aliphatic carbocycles. The van der Waals surface area contributed by atoms with Gasteiger partial charge in [0.1, 0.15) is 0 Å². The lowest BCUT2D eigenvalue weighted by Crippen LogP contribution is -2.50. The van der Waals surface area contributed by atoms with Gasteiger partial charge >= 0.3 is 5.69 Å². The fraction of sp³-hybridized carbons (Fsp3) is 0.526. The van der Waals surface area contributed by atoms with Crippen molar-refractivity contribution in [1.82, 2.24) is 19.7 Å². The average Bonchev–Trinajstić information content (AvgIpc) is 3.08. The highest BCUT2D eigenvalue weighted by atomic mass is 32.2. The van der Waals surface area contributed by atoms with Gasteiger partial charge in [0.05, 0.1) is 5.25 Å². The quantitative estimate of drug-likeness (QED) is 0.529. The fourth-order valence-electron chi connectivity index (χ4n) is 3.25. The zero-order valence-corrected chi connectivity index (χ0v) is 17.2. The Morgan fingerprint density at radius 3 is 2.64 bits per heavy atom. The van der Waals surface area contributed by atoms with Gasteiger partial charge in [-0.2, -0.15) is 0 Å². The maximum atomic E-state index is 12.9. The van der Waals surface area contributed by atoms with Crippen molar-refractivity contribution < 1.29 is 9.53 Å². The normalized spacial score (nSPS) is 15.6. The summed E-state index contributed by atoms with van der Waals surface area (Å²) in [6.45, 7) is 5.98. The summed E-state index contributed by atoms with van der Waals surface area (Å²) in [5.41, 5.74) is 0.934. The number of methoxy groups -OCH3 is 1. The molecule has 1 N–H and O–H groups in total. The third-order valence-electron chi connectivity index (χ3n) is 4.80. The lowest BCUT2D eigenvalue weighted by atomic mass is 10.2. The number of aromatic amines is 1. The van der Waals surface area contributed by atoms with E-state index in [0.717, 1.165) is 13.1 Å². The minimum Gasteiger partial charge on any atom is -0.385 e. The molecule has 1 fully saturated rings. The van der Waals surface area contributed by atoms with Crippen molar-refractivity contribution in [1.29, 1.82) is 0 Å². The number of ether oxygens (including phenoxy) is 1. The smallest absolute Gasteiger partial charge is 0.343 e. The zero-order chi connectivity index (χ0) is 19.9. The van der Waals surface area contributed by atoms with Gasteiger partial charge in [-0.15, -0.1) is 5.10 Å². The van der Waals surface area contributed by atoms with Crippen molar-refractivity contribution in [2.24, 2.45) is 0 Å². The summed E-state index contributed by atoms with van der Waals surface area (Å²) in [4.78, 5) is 29.0. The van der Waals surface area contributed by atoms with Crippen LogP contribution in [0.5, 0.6) is 0 Å². The SMILES string of the molecule is COCCCn1c(S[C@@H](C)C(=O)N2CCN(c3ccccc3)CC2)n[nH]c1=O. The molecule has 0 radical (unpaired) electrons. The second-order valence-electron chi connectivity index (χ2n) is 6.72. The van der Waals surface area contributed by atoms with E-state index >= 15 is 0 Å². The van der Waals surface area contributed by atoms with E-state index in [1.54, 1.807) is 11.7 Å². The highest BCUT2D eigenvalue weighted by molar-refractivity contribution is 8.00. The van der Waals surface area contributed by atoms with E-state index in [9.17, 15) is 9.59 Å². The number of para-hydroxylation sites is 1. The Balaban J connectivity index is 1.55. The first-order chi connectivity index (χ1) is 13.6. The highest BCUT2D eigenvalue weighted by Gasteiger charge is 2.27. The van der Waals surface area contributed by atoms with Crippen LogP contribution in [0.1, 0.15) is 13.3 Å². The molecule has 1 amide bonds. The Hall–Kier alpha value is -2.26. The average molecular weight is 406 g/mol. The monoisotopic (exact) mass is 405 g/mol. The number of thioether (sulfide) groups is 1. The second kappa shape index (κ2) is 9.79. The van der Waals surface area contributed by atoms with Crippen LogP contribution in [-0.4, -0.2) is 70.7 Å². The number of hydrogen-bond acceptors (Lipinski definition) is 6. The van der Waals surface area contributed by atoms with Crippen molar-refractivity contribution in [2.75, 3.05) is 44.8 Å². The Morgan fingerprint density at radius 2 is 1.96 bits per heavy atom. The number of rotatable bonds is 8. The van der Waals surface area contributed by atoms with Crippen LogP contribution < -0.4 is 10.6 Å². The van der Waals surface area contributed by atoms with Gasteiger partial charge in [0.2, 0.25) is 5.91 Å². The summed E-state index contributed by atoms with van der Waals surface area (Å²) in [7, 11) is 1.63. The molecule has 28 heavy (non-hydrogen) atoms. The van der Waals surface area contributed by atoms with Crippen LogP contribution in [0.3, 0.4) is 0 Å². The number of piperazine rings is 1. The first-order valence-electron chi connectivity index (χ1n) is 9.49. The lowest BCUT2D eigenvalue weighted by Gasteiger charge is -2.37. The van der Waals surface area contributed by atoms with E-state index in [2.05, 4.69) is 27.2 Å². The lowest BCUT2D eigenvalue weighted by molar-refractivity contribution is -0.130. The van der Waals surface area contributed by atoms with Gasteiger partial charge in [-0.3, -0.25) is 9.36 Å². The molecule has 0 bridgehead atoms. The zero-order valence-electron chi connectivity index (χ0n) is 16.3. The van der Waals surface area contributed by atoms with Crippen molar-refractivity contribution in [3.05, 3.63) is 40.8 Å². The number of aromatic nitrogens is 3. The van der Waals surface area contributed by atoms with Gasteiger partial charge in [0.15, 0.2) is 5.16 Å². The molecule has 0 unspecified atom stereocenters. The summed E-state index contributed by atoms with van der Waals surface area (Å²) in [6, 6.07) is 10.3. The molecule has 3 rings (SSSR count). The van der Waals surface area contributed by atoms with Crippen LogP contribution in [0.4, 0.5) is 5.69 Å². The van der Waals surface area contributed by atoms with Crippen LogP contribution in [-0.2, 0) is 16.1 Å². The van der Waals surface area contributed by atoms with Gasteiger partial charge in [0, 0.05) is 52.1 Å². The first kappa shape index (κ1) is 20.5. The number of nitrogens with zero attached hydrogens (tertiary/aromatic N) is 4. The molecule has 1 aliphatic heterocycles. The number of carbonyl (C=O) groups excluding carboxylic acids is 1. The Kier molecular flexibility index (Phi) is 7.16. The number of H-pyrrole nitrogens is 1. The largest absolute Gasteiger partial charge is 0.385 e. The number of amides is 1. The van der Waals surface area contributed by atoms with Crippen LogP contribution in [0.2, 0.25) is 0 Å². The standard InChI is InChI=1S/C19H27N5O3S/c1-15(28-19-21-20-18(26)24(19)9-6-14-27-2)17(25)23-12-10-22(11-13-23)16-7-4-3-5-8-16/h3-5,7-8,15H,6,9-14H2,1-2H3,(H,20,26)/t15-/m0/s1. The number of nitrogens with one attached hydrogen (secondary N) is 1. The van der Waals surface area contributed by atoms with Gasteiger partial charge in [-0.1, -0.05) is 30.0 Å². The number of carbonyl (C=O) groups is 1. The Morgan fingerprint density at radius 1 is 1.25 bits per heavy atom. The second-order valence-corrected chi connectivity index (χ2v) is 8.03. The van der Waals surface area contributed by atoms with Crippen molar-refractivity contribution in [3.8, 4) is 0 Å². The summed E-state index contributed by atoms with van der Waals surface area (Å²) >= 11 is 1.32. The molecular weight excluding hydrogens is 378 g/mol. The maximum absolute atomic E-state index is 12.9. The molecule has 1 aliphatic rings. The predicted molar refractivity (Wildman–Crippen MR) is 110 cm³/mol. The Bertz CT molecular complexity index is 814. The van der Waals surface area contributed by atoms with E-state index in [4.69, 9.17) is 4.74 Å². The van der Waals surface area contributed by atoms with Crippen LogP contribution in [0, 0.1) is 0 Å². The van der Waals surface area contributed by atoms with Crippen molar-refractivity contribution >= 4 is 23.4 Å². The van der Waals surface area contributed by atoms with E-state index in [-0.39, 0.29) is 16.8 Å². The van der Waals surface area contributed by atoms with E-state index in [0.29, 0.717) is 37.8 Å². The van der Waals surface area contributed by atoms with E-state index in [1.165, 1.54) is 17.4 Å². The predicted octanol–water partition coefficient (Wildman–Crippen LogP) is 1.44. The first-order valence-corrected chi connectivity index (χ1v) is 10.4. The minimum atomic E-state index is -0.306. The molecule has 1 aromatic heterocycles. The van der Waals surface area contributed by atoms with Crippen LogP contribution in [0.25, 0.3) is 0 Å². The topological polar surface area (TPSA) is 83.5 Å². The molecule has 0 spiro atoms. The van der Waals surface area contributed by atoms with Crippen molar-refractivity contribution in [3.63, 3.8) is 0 Å². The van der Waals surface area contributed by atoms with Crippen molar-refractivity contribution in [2.45, 2.75) is 30.3 Å². The number of anilines is 1. The maximum Gasteiger partial charge on any atom is 0.343 e. The molecular formula is C19H27N5O3S. The van der Waals surface area contributed by atoms with Crippen LogP contribution in [0.15, 0.2) is 40.3 Å². The Labute approximate surface area is 168 Å². The van der Waals surface area contributed by atoms with Gasteiger partial charge in [-0.25, -0.2) is 9.89 Å². The minimum absolute atomic E-state index is 0.0802. The third kappa shape index (κ3) is 4.96. The highest BCUT2D eigenvalue weighted by Crippen LogP contribution is 2.23. The number of hydrogen-bond donors (Lipinski definition) is 1. The molecule has 0 saturated carbocycles. The van der Waals surface area contributed by atoms with Crippen LogP contribution >= 0.6 is 11.8 Å². The molecule has 1 atom stereocenters. The third-order valence-corrected chi connectivity index (χ3v) is 5.87. The summed E-state index contributed by atoms with van der Waals surface area (Å²) in [5.74, 6) is 0.0802. The summed E-state index contributed by atoms with van der Waals surface area (Å²) < 4.78 is 6.61. The summed E-state index contributed by atoms with van der Waals surface area (Å²) in [6.07, 6.45) is 0.716. The number of benzene rings is 1. The summed E-state index contributed by atoms with van der Waals surface area (Å²) in [5, 5.41) is 6.80. The van der Waals surface area contributed by atoms with Gasteiger partial charge in [-0.05, 0) is 25.5 Å². The van der Waals surface area contributed by atoms with E-state index in [1.807, 2.05) is 30.0 Å². The molecule has 8 nitrogen and oxygen atoms in total. The molecule has 2 heterocycles.